The zero-order valence-corrected chi connectivity index (χ0v) is 16.4. The van der Waals surface area contributed by atoms with Gasteiger partial charge in [-0.1, -0.05) is 0 Å². The predicted molar refractivity (Wildman–Crippen MR) is 106 cm³/mol. The number of hydrogen-bond acceptors (Lipinski definition) is 5. The molecule has 1 amide bonds. The summed E-state index contributed by atoms with van der Waals surface area (Å²) < 4.78 is 43.3. The third-order valence-electron chi connectivity index (χ3n) is 4.52. The van der Waals surface area contributed by atoms with Gasteiger partial charge in [0.15, 0.2) is 5.82 Å². The van der Waals surface area contributed by atoms with Gasteiger partial charge in [0.1, 0.15) is 22.9 Å². The SMILES string of the molecule is Cn1cncc1-c1nc(C(=O)Nc2ccc(-c3nccn3C)cc2)cc(C(F)(F)F)n1. The fourth-order valence-electron chi connectivity index (χ4n) is 2.94. The van der Waals surface area contributed by atoms with Crippen LogP contribution >= 0.6 is 0 Å². The number of carbonyl (C=O) groups excluding carboxylic acids is 1. The zero-order chi connectivity index (χ0) is 22.2. The van der Waals surface area contributed by atoms with Gasteiger partial charge in [0.25, 0.3) is 5.91 Å². The number of nitrogens with one attached hydrogen (secondary N) is 1. The number of imidazole rings is 2. The molecule has 0 aliphatic rings. The van der Waals surface area contributed by atoms with Crippen molar-refractivity contribution in [2.45, 2.75) is 6.18 Å². The molecule has 0 aliphatic heterocycles. The van der Waals surface area contributed by atoms with Crippen LogP contribution in [-0.2, 0) is 20.3 Å². The monoisotopic (exact) mass is 427 g/mol. The summed E-state index contributed by atoms with van der Waals surface area (Å²) in [5.41, 5.74) is -0.150. The Morgan fingerprint density at radius 1 is 1.06 bits per heavy atom. The quantitative estimate of drug-likeness (QED) is 0.538. The van der Waals surface area contributed by atoms with Crippen molar-refractivity contribution in [3.05, 3.63) is 66.6 Å². The van der Waals surface area contributed by atoms with Crippen LogP contribution in [0.15, 0.2) is 55.2 Å². The highest BCUT2D eigenvalue weighted by atomic mass is 19.4. The van der Waals surface area contributed by atoms with Gasteiger partial charge < -0.3 is 14.5 Å². The number of carbonyl (C=O) groups is 1. The number of rotatable bonds is 4. The Bertz CT molecular complexity index is 1240. The molecule has 0 saturated heterocycles. The van der Waals surface area contributed by atoms with Crippen molar-refractivity contribution in [1.29, 1.82) is 0 Å². The molecule has 0 radical (unpaired) electrons. The summed E-state index contributed by atoms with van der Waals surface area (Å²) in [7, 11) is 3.44. The fraction of sp³-hybridized carbons (Fsp3) is 0.150. The minimum absolute atomic E-state index is 0.245. The number of anilines is 1. The fourth-order valence-corrected chi connectivity index (χ4v) is 2.94. The van der Waals surface area contributed by atoms with E-state index in [2.05, 4.69) is 25.3 Å². The van der Waals surface area contributed by atoms with Crippen LogP contribution in [0.1, 0.15) is 16.2 Å². The Morgan fingerprint density at radius 2 is 1.81 bits per heavy atom. The Kier molecular flexibility index (Phi) is 5.01. The van der Waals surface area contributed by atoms with Gasteiger partial charge >= 0.3 is 6.18 Å². The Labute approximate surface area is 174 Å². The van der Waals surface area contributed by atoms with E-state index in [1.807, 2.05) is 11.6 Å². The molecule has 8 nitrogen and oxygen atoms in total. The minimum atomic E-state index is -4.74. The number of aryl methyl sites for hydroxylation is 2. The van der Waals surface area contributed by atoms with Gasteiger partial charge in [-0.3, -0.25) is 4.79 Å². The van der Waals surface area contributed by atoms with Crippen molar-refractivity contribution in [2.24, 2.45) is 14.1 Å². The van der Waals surface area contributed by atoms with Gasteiger partial charge in [-0.25, -0.2) is 19.9 Å². The topological polar surface area (TPSA) is 90.5 Å². The van der Waals surface area contributed by atoms with E-state index in [9.17, 15) is 18.0 Å². The van der Waals surface area contributed by atoms with Crippen LogP contribution in [0.3, 0.4) is 0 Å². The van der Waals surface area contributed by atoms with E-state index in [0.29, 0.717) is 11.8 Å². The summed E-state index contributed by atoms with van der Waals surface area (Å²) >= 11 is 0. The number of hydrogen-bond donors (Lipinski definition) is 1. The number of amides is 1. The summed E-state index contributed by atoms with van der Waals surface area (Å²) in [6.45, 7) is 0. The Balaban J connectivity index is 1.63. The van der Waals surface area contributed by atoms with Crippen LogP contribution in [0, 0.1) is 0 Å². The molecule has 3 aromatic heterocycles. The van der Waals surface area contributed by atoms with Crippen LogP contribution in [0.4, 0.5) is 18.9 Å². The molecule has 0 unspecified atom stereocenters. The normalized spacial score (nSPS) is 11.5. The summed E-state index contributed by atoms with van der Waals surface area (Å²) in [4.78, 5) is 28.3. The van der Waals surface area contributed by atoms with E-state index >= 15 is 0 Å². The van der Waals surface area contributed by atoms with E-state index in [1.54, 1.807) is 43.7 Å². The first-order valence-electron chi connectivity index (χ1n) is 9.04. The molecule has 1 aromatic carbocycles. The third-order valence-corrected chi connectivity index (χ3v) is 4.52. The molecule has 11 heteroatoms. The van der Waals surface area contributed by atoms with Gasteiger partial charge in [-0.15, -0.1) is 0 Å². The van der Waals surface area contributed by atoms with Gasteiger partial charge in [0.05, 0.1) is 12.5 Å². The molecule has 0 aliphatic carbocycles. The van der Waals surface area contributed by atoms with E-state index in [0.717, 1.165) is 11.4 Å². The second-order valence-electron chi connectivity index (χ2n) is 6.74. The molecular formula is C20H16F3N7O. The summed E-state index contributed by atoms with van der Waals surface area (Å²) in [5.74, 6) is -0.296. The molecule has 4 aromatic rings. The Morgan fingerprint density at radius 3 is 2.39 bits per heavy atom. The zero-order valence-electron chi connectivity index (χ0n) is 16.4. The number of halogens is 3. The number of alkyl halides is 3. The molecule has 3 heterocycles. The highest BCUT2D eigenvalue weighted by Gasteiger charge is 2.34. The average molecular weight is 427 g/mol. The second-order valence-corrected chi connectivity index (χ2v) is 6.74. The highest BCUT2D eigenvalue weighted by molar-refractivity contribution is 6.03. The lowest BCUT2D eigenvalue weighted by atomic mass is 10.2. The first-order chi connectivity index (χ1) is 14.7. The lowest BCUT2D eigenvalue weighted by molar-refractivity contribution is -0.141. The summed E-state index contributed by atoms with van der Waals surface area (Å²) in [5, 5.41) is 2.56. The van der Waals surface area contributed by atoms with Crippen LogP contribution < -0.4 is 5.32 Å². The Hall–Kier alpha value is -4.02. The lowest BCUT2D eigenvalue weighted by Gasteiger charge is -2.11. The van der Waals surface area contributed by atoms with Crippen LogP contribution in [0.2, 0.25) is 0 Å². The average Bonchev–Trinajstić information content (AvgIpc) is 3.35. The number of nitrogens with zero attached hydrogens (tertiary/aromatic N) is 6. The standard InChI is InChI=1S/C20H16F3N7O/c1-29-8-7-25-18(29)12-3-5-13(6-4-12)26-19(31)14-9-16(20(21,22)23)28-17(27-14)15-10-24-11-30(15)2/h3-11H,1-2H3,(H,26,31). The van der Waals surface area contributed by atoms with E-state index in [-0.39, 0.29) is 11.5 Å². The predicted octanol–water partition coefficient (Wildman–Crippen LogP) is 3.55. The smallest absolute Gasteiger partial charge is 0.334 e. The van der Waals surface area contributed by atoms with Crippen LogP contribution in [0.25, 0.3) is 22.9 Å². The van der Waals surface area contributed by atoms with E-state index in [1.165, 1.54) is 17.1 Å². The van der Waals surface area contributed by atoms with Gasteiger partial charge in [0.2, 0.25) is 0 Å². The van der Waals surface area contributed by atoms with E-state index in [4.69, 9.17) is 0 Å². The van der Waals surface area contributed by atoms with E-state index < -0.39 is 23.5 Å². The van der Waals surface area contributed by atoms with Crippen molar-refractivity contribution in [3.8, 4) is 22.9 Å². The van der Waals surface area contributed by atoms with Crippen molar-refractivity contribution in [1.82, 2.24) is 29.1 Å². The number of aromatic nitrogens is 6. The van der Waals surface area contributed by atoms with Gasteiger partial charge in [0, 0.05) is 43.8 Å². The lowest BCUT2D eigenvalue weighted by Crippen LogP contribution is -2.18. The molecule has 158 valence electrons. The van der Waals surface area contributed by atoms with Gasteiger partial charge in [-0.2, -0.15) is 13.2 Å². The van der Waals surface area contributed by atoms with Crippen LogP contribution in [0.5, 0.6) is 0 Å². The van der Waals surface area contributed by atoms with Crippen molar-refractivity contribution in [3.63, 3.8) is 0 Å². The molecule has 31 heavy (non-hydrogen) atoms. The van der Waals surface area contributed by atoms with Crippen molar-refractivity contribution in [2.75, 3.05) is 5.32 Å². The molecule has 0 spiro atoms. The molecular weight excluding hydrogens is 411 g/mol. The van der Waals surface area contributed by atoms with Crippen molar-refractivity contribution < 1.29 is 18.0 Å². The van der Waals surface area contributed by atoms with Crippen molar-refractivity contribution >= 4 is 11.6 Å². The van der Waals surface area contributed by atoms with Gasteiger partial charge in [-0.05, 0) is 24.3 Å². The molecule has 0 bridgehead atoms. The molecule has 0 atom stereocenters. The second kappa shape index (κ2) is 7.67. The highest BCUT2D eigenvalue weighted by Crippen LogP contribution is 2.30. The first-order valence-corrected chi connectivity index (χ1v) is 9.04. The number of benzene rings is 1. The first kappa shape index (κ1) is 20.3. The maximum atomic E-state index is 13.3. The summed E-state index contributed by atoms with van der Waals surface area (Å²) in [6.07, 6.45) is 1.46. The molecule has 0 saturated carbocycles. The third kappa shape index (κ3) is 4.15. The maximum Gasteiger partial charge on any atom is 0.433 e. The molecule has 1 N–H and O–H groups in total. The molecule has 0 fully saturated rings. The van der Waals surface area contributed by atoms with Crippen LogP contribution in [-0.4, -0.2) is 35.0 Å². The molecule has 4 rings (SSSR count). The summed E-state index contributed by atoms with van der Waals surface area (Å²) in [6, 6.07) is 7.39. The maximum absolute atomic E-state index is 13.3. The minimum Gasteiger partial charge on any atom is -0.334 e. The largest absolute Gasteiger partial charge is 0.433 e.